The van der Waals surface area contributed by atoms with Crippen molar-refractivity contribution in [2.24, 2.45) is 0 Å². The average molecular weight is 901 g/mol. The summed E-state index contributed by atoms with van der Waals surface area (Å²) in [4.78, 5) is 52.7. The monoisotopic (exact) mass is 900 g/mol. The zero-order valence-electron chi connectivity index (χ0n) is 37.0. The Hall–Kier alpha value is -2.70. The number of unbranched alkanes of at least 4 members (excludes halogenated alkanes) is 11. The van der Waals surface area contributed by atoms with Crippen LogP contribution in [0.5, 0.6) is 0 Å². The number of carbonyl (C=O) groups is 2. The molecule has 1 unspecified atom stereocenters. The molecule has 0 aromatic rings. The van der Waals surface area contributed by atoms with Crippen molar-refractivity contribution in [3.05, 3.63) is 85.1 Å². The Balaban J connectivity index is 4.70. The fraction of sp³-hybridized carbons (Fsp3) is 0.652. The van der Waals surface area contributed by atoms with Crippen LogP contribution in [-0.4, -0.2) is 70.4 Å². The number of hydrogen-bond donors (Lipinski definition) is 4. The number of aliphatic hydroxyl groups excluding tert-OH is 1. The van der Waals surface area contributed by atoms with Gasteiger partial charge in [-0.2, -0.15) is 0 Å². The van der Waals surface area contributed by atoms with Crippen molar-refractivity contribution in [1.82, 2.24) is 0 Å². The van der Waals surface area contributed by atoms with Gasteiger partial charge in [0.05, 0.1) is 19.8 Å². The predicted molar refractivity (Wildman–Crippen MR) is 243 cm³/mol. The minimum absolute atomic E-state index is 0.0438. The molecule has 0 rings (SSSR count). The van der Waals surface area contributed by atoms with Crippen molar-refractivity contribution in [1.29, 1.82) is 0 Å². The molecular weight excluding hydrogens is 822 g/mol. The summed E-state index contributed by atoms with van der Waals surface area (Å²) in [5.74, 6) is -1.16. The normalized spacial score (nSPS) is 14.8. The van der Waals surface area contributed by atoms with Gasteiger partial charge in [0.15, 0.2) is 6.10 Å². The van der Waals surface area contributed by atoms with Gasteiger partial charge in [-0.25, -0.2) is 9.13 Å². The third-order valence-electron chi connectivity index (χ3n) is 8.75. The maximum atomic E-state index is 12.6. The van der Waals surface area contributed by atoms with E-state index < -0.39 is 66.2 Å². The molecule has 0 spiro atoms. The second-order valence-electron chi connectivity index (χ2n) is 14.6. The first-order valence-electron chi connectivity index (χ1n) is 22.3. The first-order chi connectivity index (χ1) is 29.4. The first-order valence-corrected chi connectivity index (χ1v) is 25.3. The third-order valence-corrected chi connectivity index (χ3v) is 10.2. The van der Waals surface area contributed by atoms with Crippen molar-refractivity contribution < 1.29 is 61.6 Å². The number of esters is 2. The molecule has 0 fully saturated rings. The first kappa shape index (κ1) is 58.3. The highest BCUT2D eigenvalue weighted by Gasteiger charge is 2.28. The minimum Gasteiger partial charge on any atom is -0.462 e. The largest absolute Gasteiger partial charge is 0.472 e. The van der Waals surface area contributed by atoms with Crippen LogP contribution in [0.4, 0.5) is 0 Å². The summed E-state index contributed by atoms with van der Waals surface area (Å²) in [6, 6.07) is 0. The summed E-state index contributed by atoms with van der Waals surface area (Å²) < 4.78 is 47.7. The van der Waals surface area contributed by atoms with E-state index in [1.54, 1.807) is 0 Å². The number of phosphoric acid groups is 2. The van der Waals surface area contributed by atoms with Crippen LogP contribution in [0.2, 0.25) is 0 Å². The zero-order chi connectivity index (χ0) is 45.1. The fourth-order valence-electron chi connectivity index (χ4n) is 5.35. The minimum atomic E-state index is -4.88. The van der Waals surface area contributed by atoms with Gasteiger partial charge in [-0.1, -0.05) is 144 Å². The molecule has 350 valence electrons. The molecule has 0 bridgehead atoms. The van der Waals surface area contributed by atoms with E-state index in [0.29, 0.717) is 25.7 Å². The molecule has 0 saturated heterocycles. The van der Waals surface area contributed by atoms with Crippen molar-refractivity contribution >= 4 is 27.6 Å². The van der Waals surface area contributed by atoms with E-state index in [4.69, 9.17) is 23.8 Å². The van der Waals surface area contributed by atoms with Gasteiger partial charge in [0.2, 0.25) is 0 Å². The Morgan fingerprint density at radius 2 is 0.852 bits per heavy atom. The second kappa shape index (κ2) is 41.3. The van der Waals surface area contributed by atoms with E-state index in [1.807, 2.05) is 24.3 Å². The van der Waals surface area contributed by atoms with Gasteiger partial charge < -0.3 is 29.3 Å². The summed E-state index contributed by atoms with van der Waals surface area (Å²) in [6.45, 7) is 1.60. The Bertz CT molecular complexity index is 1400. The number of rotatable bonds is 41. The molecule has 0 saturated carbocycles. The van der Waals surface area contributed by atoms with E-state index >= 15 is 0 Å². The molecule has 61 heavy (non-hydrogen) atoms. The summed E-state index contributed by atoms with van der Waals surface area (Å²) >= 11 is 0. The molecular formula is C46H78O13P2. The van der Waals surface area contributed by atoms with Crippen LogP contribution in [0.15, 0.2) is 85.1 Å². The number of hydrogen-bond acceptors (Lipinski definition) is 10. The fourth-order valence-corrected chi connectivity index (χ4v) is 6.51. The second-order valence-corrected chi connectivity index (χ2v) is 17.3. The molecule has 15 heteroatoms. The number of phosphoric ester groups is 2. The quantitative estimate of drug-likeness (QED) is 0.0196. The van der Waals surface area contributed by atoms with Gasteiger partial charge in [-0.3, -0.25) is 23.2 Å². The lowest BCUT2D eigenvalue weighted by Crippen LogP contribution is -2.29. The maximum absolute atomic E-state index is 12.6. The van der Waals surface area contributed by atoms with Gasteiger partial charge in [0.25, 0.3) is 0 Å². The topological polar surface area (TPSA) is 195 Å². The molecule has 0 aliphatic carbocycles. The number of allylic oxidation sites excluding steroid dienone is 14. The SMILES string of the molecule is CCCCC/C=C\C/C=C\C/C=C\C/C=C\CCCC(=O)OC[C@H](COP(=O)(O)OC[C@@H](O)COP(=O)(O)O)OC(=O)CCC/C=C\C/C=C\C/C=C\CCCCCCCC. The van der Waals surface area contributed by atoms with Crippen LogP contribution in [0.25, 0.3) is 0 Å². The van der Waals surface area contributed by atoms with Crippen LogP contribution in [0.1, 0.15) is 155 Å². The molecule has 4 N–H and O–H groups in total. The molecule has 3 atom stereocenters. The Morgan fingerprint density at radius 1 is 0.475 bits per heavy atom. The Labute approximate surface area is 367 Å². The third kappa shape index (κ3) is 45.1. The molecule has 0 aliphatic rings. The van der Waals surface area contributed by atoms with Crippen molar-refractivity contribution in [2.75, 3.05) is 26.4 Å². The van der Waals surface area contributed by atoms with E-state index in [0.717, 1.165) is 44.9 Å². The van der Waals surface area contributed by atoms with Crippen LogP contribution in [0, 0.1) is 0 Å². The van der Waals surface area contributed by atoms with E-state index in [2.05, 4.69) is 83.7 Å². The highest BCUT2D eigenvalue weighted by Crippen LogP contribution is 2.43. The molecule has 0 heterocycles. The highest BCUT2D eigenvalue weighted by atomic mass is 31.2. The molecule has 0 amide bonds. The standard InChI is InChI=1S/C46H78O13P2/c1-3-5-7-9-11-13-15-17-19-21-23-25-27-29-31-33-35-37-45(48)55-41-44(42-58-61(53,54)57-40-43(47)39-56-60(50,51)52)59-46(49)38-36-34-32-30-28-26-24-22-20-18-16-14-12-10-8-6-4-2/h11,13,17-20,23-26,29-32,43-44,47H,3-10,12,14-16,21-22,27-28,33-42H2,1-2H3,(H,53,54)(H2,50,51,52)/b13-11-,19-17-,20-18-,25-23-,26-24-,31-29-,32-30-/t43-,44+/m0/s1. The van der Waals surface area contributed by atoms with Crippen LogP contribution in [0.3, 0.4) is 0 Å². The van der Waals surface area contributed by atoms with Crippen LogP contribution < -0.4 is 0 Å². The van der Waals surface area contributed by atoms with Crippen molar-refractivity contribution in [2.45, 2.75) is 167 Å². The highest BCUT2D eigenvalue weighted by molar-refractivity contribution is 7.47. The average Bonchev–Trinajstić information content (AvgIpc) is 3.22. The van der Waals surface area contributed by atoms with Crippen molar-refractivity contribution in [3.63, 3.8) is 0 Å². The van der Waals surface area contributed by atoms with Gasteiger partial charge in [-0.15, -0.1) is 0 Å². The molecule has 0 aromatic heterocycles. The Morgan fingerprint density at radius 3 is 1.34 bits per heavy atom. The van der Waals surface area contributed by atoms with Crippen LogP contribution >= 0.6 is 15.6 Å². The Kier molecular flexibility index (Phi) is 39.5. The lowest BCUT2D eigenvalue weighted by molar-refractivity contribution is -0.161. The van der Waals surface area contributed by atoms with Crippen LogP contribution in [-0.2, 0) is 41.8 Å². The van der Waals surface area contributed by atoms with Gasteiger partial charge in [0.1, 0.15) is 12.7 Å². The summed E-state index contributed by atoms with van der Waals surface area (Å²) in [5, 5.41) is 9.75. The summed E-state index contributed by atoms with van der Waals surface area (Å²) in [5.41, 5.74) is 0. The predicted octanol–water partition coefficient (Wildman–Crippen LogP) is 11.6. The smallest absolute Gasteiger partial charge is 0.462 e. The maximum Gasteiger partial charge on any atom is 0.472 e. The lowest BCUT2D eigenvalue weighted by atomic mass is 10.1. The van der Waals surface area contributed by atoms with Gasteiger partial charge in [0, 0.05) is 12.8 Å². The number of aliphatic hydroxyl groups is 1. The van der Waals surface area contributed by atoms with Gasteiger partial charge >= 0.3 is 27.6 Å². The molecule has 13 nitrogen and oxygen atoms in total. The summed E-state index contributed by atoms with van der Waals surface area (Å²) in [7, 11) is -9.71. The summed E-state index contributed by atoms with van der Waals surface area (Å²) in [6.07, 6.45) is 47.3. The zero-order valence-corrected chi connectivity index (χ0v) is 38.8. The van der Waals surface area contributed by atoms with Gasteiger partial charge in [-0.05, 0) is 83.5 Å². The molecule has 0 aromatic carbocycles. The van der Waals surface area contributed by atoms with E-state index in [9.17, 15) is 28.7 Å². The van der Waals surface area contributed by atoms with E-state index in [-0.39, 0.29) is 12.8 Å². The van der Waals surface area contributed by atoms with E-state index in [1.165, 1.54) is 57.8 Å². The lowest BCUT2D eigenvalue weighted by Gasteiger charge is -2.20. The molecule has 0 radical (unpaired) electrons. The number of ether oxygens (including phenoxy) is 2. The molecule has 0 aliphatic heterocycles. The number of carbonyl (C=O) groups excluding carboxylic acids is 2. The van der Waals surface area contributed by atoms with Crippen molar-refractivity contribution in [3.8, 4) is 0 Å².